The molecule has 136 valence electrons. The van der Waals surface area contributed by atoms with Crippen molar-refractivity contribution in [3.8, 4) is 0 Å². The van der Waals surface area contributed by atoms with Gasteiger partial charge in [-0.05, 0) is 43.3 Å². The van der Waals surface area contributed by atoms with Gasteiger partial charge in [-0.2, -0.15) is 0 Å². The zero-order chi connectivity index (χ0) is 18.1. The molecule has 4 rings (SSSR count). The van der Waals surface area contributed by atoms with Gasteiger partial charge in [0.15, 0.2) is 0 Å². The lowest BCUT2D eigenvalue weighted by molar-refractivity contribution is -0.123. The number of anilines is 1. The Bertz CT molecular complexity index is 782. The van der Waals surface area contributed by atoms with E-state index in [1.165, 1.54) is 12.1 Å². The van der Waals surface area contributed by atoms with E-state index >= 15 is 0 Å². The first-order chi connectivity index (χ1) is 12.6. The Labute approximate surface area is 153 Å². The third kappa shape index (κ3) is 3.22. The van der Waals surface area contributed by atoms with E-state index in [0.29, 0.717) is 13.1 Å². The van der Waals surface area contributed by atoms with Crippen LogP contribution in [0.1, 0.15) is 12.0 Å². The summed E-state index contributed by atoms with van der Waals surface area (Å²) in [6.45, 7) is 3.76. The molecule has 2 aliphatic rings. The molecular weight excluding hydrogens is 331 g/mol. The third-order valence-corrected chi connectivity index (χ3v) is 5.62. The Morgan fingerprint density at radius 2 is 2.00 bits per heavy atom. The number of benzene rings is 1. The fraction of sp³-hybridized carbons (Fsp3) is 0.400. The van der Waals surface area contributed by atoms with Crippen molar-refractivity contribution in [2.24, 2.45) is 0 Å². The van der Waals surface area contributed by atoms with Gasteiger partial charge in [-0.3, -0.25) is 19.6 Å². The van der Waals surface area contributed by atoms with Crippen LogP contribution < -0.4 is 4.90 Å². The average molecular weight is 354 g/mol. The number of rotatable bonds is 3. The number of carbonyl (C=O) groups is 1. The molecule has 2 saturated heterocycles. The number of likely N-dealkylation sites (N-methyl/N-ethyl adjacent to an activating group) is 1. The maximum atomic E-state index is 13.1. The van der Waals surface area contributed by atoms with Crippen molar-refractivity contribution in [2.75, 3.05) is 38.1 Å². The van der Waals surface area contributed by atoms with Crippen LogP contribution in [0, 0.1) is 5.82 Å². The highest BCUT2D eigenvalue weighted by Crippen LogP contribution is 2.33. The highest BCUT2D eigenvalue weighted by Gasteiger charge is 2.47. The molecule has 2 aromatic rings. The first kappa shape index (κ1) is 17.1. The summed E-state index contributed by atoms with van der Waals surface area (Å²) in [6, 6.07) is 10.5. The molecule has 1 aromatic carbocycles. The van der Waals surface area contributed by atoms with Crippen molar-refractivity contribution < 1.29 is 9.18 Å². The molecule has 1 atom stereocenters. The van der Waals surface area contributed by atoms with Gasteiger partial charge in [0, 0.05) is 32.4 Å². The minimum absolute atomic E-state index is 0.0518. The zero-order valence-electron chi connectivity index (χ0n) is 14.9. The largest absolute Gasteiger partial charge is 0.308 e. The molecule has 0 unspecified atom stereocenters. The number of hydrogen-bond acceptors (Lipinski definition) is 4. The molecule has 1 spiro atoms. The molecule has 1 aromatic heterocycles. The van der Waals surface area contributed by atoms with Crippen molar-refractivity contribution in [3.63, 3.8) is 0 Å². The molecule has 2 fully saturated rings. The van der Waals surface area contributed by atoms with Crippen molar-refractivity contribution >= 4 is 11.6 Å². The molecular formula is C20H23FN4O. The van der Waals surface area contributed by atoms with E-state index in [9.17, 15) is 9.18 Å². The van der Waals surface area contributed by atoms with Crippen molar-refractivity contribution in [3.05, 3.63) is 60.2 Å². The summed E-state index contributed by atoms with van der Waals surface area (Å²) >= 11 is 0. The van der Waals surface area contributed by atoms with Crippen molar-refractivity contribution in [2.45, 2.75) is 18.5 Å². The summed E-state index contributed by atoms with van der Waals surface area (Å²) < 4.78 is 13.1. The van der Waals surface area contributed by atoms with Crippen LogP contribution in [0.3, 0.4) is 0 Å². The van der Waals surface area contributed by atoms with E-state index in [-0.39, 0.29) is 17.3 Å². The lowest BCUT2D eigenvalue weighted by atomic mass is 9.92. The van der Waals surface area contributed by atoms with Gasteiger partial charge in [-0.15, -0.1) is 0 Å². The van der Waals surface area contributed by atoms with Gasteiger partial charge in [-0.25, -0.2) is 4.39 Å². The van der Waals surface area contributed by atoms with Gasteiger partial charge >= 0.3 is 0 Å². The fourth-order valence-electron chi connectivity index (χ4n) is 4.07. The molecule has 6 heteroatoms. The predicted molar refractivity (Wildman–Crippen MR) is 98.2 cm³/mol. The maximum Gasteiger partial charge on any atom is 0.241 e. The van der Waals surface area contributed by atoms with E-state index < -0.39 is 0 Å². The van der Waals surface area contributed by atoms with Gasteiger partial charge in [0.05, 0.1) is 24.0 Å². The number of nitrogens with zero attached hydrogens (tertiary/aromatic N) is 4. The van der Waals surface area contributed by atoms with Gasteiger partial charge in [0.25, 0.3) is 0 Å². The number of pyridine rings is 1. The molecule has 0 aliphatic carbocycles. The van der Waals surface area contributed by atoms with Crippen LogP contribution in [-0.2, 0) is 11.3 Å². The second-order valence-electron chi connectivity index (χ2n) is 7.36. The molecule has 2 aliphatic heterocycles. The summed E-state index contributed by atoms with van der Waals surface area (Å²) in [5.74, 6) is -0.0904. The first-order valence-electron chi connectivity index (χ1n) is 8.94. The molecule has 0 saturated carbocycles. The second-order valence-corrected chi connectivity index (χ2v) is 7.36. The Morgan fingerprint density at radius 1 is 1.19 bits per heavy atom. The standard InChI is InChI=1S/C20H23FN4O/c1-23-13-19(26)25(18-3-2-9-22-11-18)15-20(23)8-10-24(14-20)12-16-4-6-17(21)7-5-16/h2-7,9,11H,8,10,12-15H2,1H3/t20-/m0/s1. The van der Waals surface area contributed by atoms with E-state index in [2.05, 4.69) is 14.8 Å². The van der Waals surface area contributed by atoms with Gasteiger partial charge in [-0.1, -0.05) is 12.1 Å². The molecule has 3 heterocycles. The van der Waals surface area contributed by atoms with E-state index in [1.54, 1.807) is 12.4 Å². The van der Waals surface area contributed by atoms with E-state index in [4.69, 9.17) is 0 Å². The van der Waals surface area contributed by atoms with Gasteiger partial charge in [0.2, 0.25) is 5.91 Å². The number of carbonyl (C=O) groups excluding carboxylic acids is 1. The van der Waals surface area contributed by atoms with Crippen LogP contribution in [0.15, 0.2) is 48.8 Å². The summed E-state index contributed by atoms with van der Waals surface area (Å²) in [5, 5.41) is 0. The number of amides is 1. The van der Waals surface area contributed by atoms with E-state index in [0.717, 1.165) is 37.3 Å². The van der Waals surface area contributed by atoms with Gasteiger partial charge < -0.3 is 4.90 Å². The number of halogens is 1. The van der Waals surface area contributed by atoms with Crippen molar-refractivity contribution in [1.29, 1.82) is 0 Å². The number of piperazine rings is 1. The Hall–Kier alpha value is -2.31. The van der Waals surface area contributed by atoms with E-state index in [1.807, 2.05) is 36.2 Å². The summed E-state index contributed by atoms with van der Waals surface area (Å²) in [4.78, 5) is 23.2. The van der Waals surface area contributed by atoms with Crippen LogP contribution in [0.5, 0.6) is 0 Å². The van der Waals surface area contributed by atoms with Crippen LogP contribution in [0.4, 0.5) is 10.1 Å². The number of likely N-dealkylation sites (tertiary alicyclic amines) is 1. The Morgan fingerprint density at radius 3 is 2.73 bits per heavy atom. The summed E-state index contributed by atoms with van der Waals surface area (Å²) in [6.07, 6.45) is 4.48. The lowest BCUT2D eigenvalue weighted by Gasteiger charge is -2.46. The fourth-order valence-corrected chi connectivity index (χ4v) is 4.07. The predicted octanol–water partition coefficient (Wildman–Crippen LogP) is 2.14. The Kier molecular flexibility index (Phi) is 4.46. The van der Waals surface area contributed by atoms with Crippen molar-refractivity contribution in [1.82, 2.24) is 14.8 Å². The molecule has 5 nitrogen and oxygen atoms in total. The lowest BCUT2D eigenvalue weighted by Crippen LogP contribution is -2.64. The van der Waals surface area contributed by atoms with Crippen LogP contribution in [0.2, 0.25) is 0 Å². The monoisotopic (exact) mass is 354 g/mol. The smallest absolute Gasteiger partial charge is 0.241 e. The average Bonchev–Trinajstić information content (AvgIpc) is 3.05. The highest BCUT2D eigenvalue weighted by atomic mass is 19.1. The number of aromatic nitrogens is 1. The van der Waals surface area contributed by atoms with Crippen LogP contribution in [-0.4, -0.2) is 59.5 Å². The Balaban J connectivity index is 1.50. The minimum Gasteiger partial charge on any atom is -0.308 e. The summed E-state index contributed by atoms with van der Waals surface area (Å²) in [7, 11) is 2.04. The normalized spacial score (nSPS) is 24.5. The maximum absolute atomic E-state index is 13.1. The molecule has 0 radical (unpaired) electrons. The topological polar surface area (TPSA) is 39.7 Å². The SMILES string of the molecule is CN1CC(=O)N(c2cccnc2)C[C@@]12CCN(Cc1ccc(F)cc1)C2. The second kappa shape index (κ2) is 6.78. The van der Waals surface area contributed by atoms with Crippen LogP contribution >= 0.6 is 0 Å². The molecule has 0 bridgehead atoms. The minimum atomic E-state index is -0.204. The first-order valence-corrected chi connectivity index (χ1v) is 8.94. The van der Waals surface area contributed by atoms with Gasteiger partial charge in [0.1, 0.15) is 5.82 Å². The third-order valence-electron chi connectivity index (χ3n) is 5.62. The highest BCUT2D eigenvalue weighted by molar-refractivity contribution is 5.95. The molecule has 1 amide bonds. The molecule has 0 N–H and O–H groups in total. The number of hydrogen-bond donors (Lipinski definition) is 0. The zero-order valence-corrected chi connectivity index (χ0v) is 14.9. The van der Waals surface area contributed by atoms with Crippen LogP contribution in [0.25, 0.3) is 0 Å². The summed E-state index contributed by atoms with van der Waals surface area (Å²) in [5.41, 5.74) is 1.92. The molecule has 26 heavy (non-hydrogen) atoms. The quantitative estimate of drug-likeness (QED) is 0.847.